The predicted octanol–water partition coefficient (Wildman–Crippen LogP) is 3.77. The van der Waals surface area contributed by atoms with Crippen molar-refractivity contribution in [3.63, 3.8) is 0 Å². The molecule has 0 fully saturated rings. The summed E-state index contributed by atoms with van der Waals surface area (Å²) in [7, 11) is 0. The first-order chi connectivity index (χ1) is 9.65. The SMILES string of the molecule is CC(=O)OC1=C(O)c2sc(-c3ccccc3)cc2SN1. The predicted molar refractivity (Wildman–Crippen MR) is 80.1 cm³/mol. The molecule has 2 N–H and O–H groups in total. The van der Waals surface area contributed by atoms with Crippen LogP contribution in [-0.2, 0) is 9.53 Å². The highest BCUT2D eigenvalue weighted by atomic mass is 32.2. The van der Waals surface area contributed by atoms with E-state index in [9.17, 15) is 9.90 Å². The van der Waals surface area contributed by atoms with Crippen LogP contribution in [0.1, 0.15) is 11.8 Å². The highest BCUT2D eigenvalue weighted by molar-refractivity contribution is 7.97. The largest absolute Gasteiger partial charge is 0.502 e. The summed E-state index contributed by atoms with van der Waals surface area (Å²) in [5.74, 6) is -0.402. The van der Waals surface area contributed by atoms with Gasteiger partial charge in [0, 0.05) is 11.8 Å². The molecule has 6 heteroatoms. The summed E-state index contributed by atoms with van der Waals surface area (Å²) >= 11 is 2.79. The van der Waals surface area contributed by atoms with Gasteiger partial charge in [0.15, 0.2) is 5.76 Å². The van der Waals surface area contributed by atoms with E-state index >= 15 is 0 Å². The molecular weight excluding hydrogens is 294 g/mol. The fourth-order valence-corrected chi connectivity index (χ4v) is 3.86. The third-order valence-corrected chi connectivity index (χ3v) is 4.84. The number of hydrogen-bond acceptors (Lipinski definition) is 6. The van der Waals surface area contributed by atoms with Gasteiger partial charge in [-0.3, -0.25) is 9.52 Å². The Morgan fingerprint density at radius 3 is 2.75 bits per heavy atom. The van der Waals surface area contributed by atoms with Gasteiger partial charge in [-0.15, -0.1) is 11.3 Å². The number of aliphatic hydroxyl groups is 1. The van der Waals surface area contributed by atoms with Crippen molar-refractivity contribution in [2.24, 2.45) is 0 Å². The number of benzene rings is 1. The molecule has 3 rings (SSSR count). The Kier molecular flexibility index (Phi) is 3.42. The van der Waals surface area contributed by atoms with Crippen LogP contribution in [0.4, 0.5) is 0 Å². The number of carbonyl (C=O) groups is 1. The van der Waals surface area contributed by atoms with Crippen LogP contribution < -0.4 is 4.72 Å². The number of esters is 1. The summed E-state index contributed by atoms with van der Waals surface area (Å²) in [6.07, 6.45) is 0. The molecule has 0 saturated carbocycles. The first kappa shape index (κ1) is 13.1. The maximum Gasteiger partial charge on any atom is 0.309 e. The molecule has 1 aromatic carbocycles. The molecule has 0 unspecified atom stereocenters. The van der Waals surface area contributed by atoms with Gasteiger partial charge in [0.25, 0.3) is 5.88 Å². The number of nitrogens with one attached hydrogen (secondary N) is 1. The van der Waals surface area contributed by atoms with E-state index in [0.717, 1.165) is 15.3 Å². The van der Waals surface area contributed by atoms with Gasteiger partial charge in [0.2, 0.25) is 0 Å². The summed E-state index contributed by atoms with van der Waals surface area (Å²) < 4.78 is 7.77. The number of fused-ring (bicyclic) bond motifs is 1. The van der Waals surface area contributed by atoms with Crippen molar-refractivity contribution in [3.8, 4) is 10.4 Å². The molecule has 1 aromatic heterocycles. The van der Waals surface area contributed by atoms with E-state index in [-0.39, 0.29) is 11.6 Å². The van der Waals surface area contributed by atoms with Crippen LogP contribution in [-0.4, -0.2) is 11.1 Å². The average Bonchev–Trinajstić information content (AvgIpc) is 2.87. The molecule has 1 aliphatic rings. The molecule has 0 radical (unpaired) electrons. The normalized spacial score (nSPS) is 13.7. The van der Waals surface area contributed by atoms with Gasteiger partial charge >= 0.3 is 5.97 Å². The van der Waals surface area contributed by atoms with Crippen molar-refractivity contribution in [2.45, 2.75) is 11.8 Å². The van der Waals surface area contributed by atoms with Crippen molar-refractivity contribution in [3.05, 3.63) is 47.2 Å². The molecule has 2 heterocycles. The van der Waals surface area contributed by atoms with Crippen LogP contribution in [0.3, 0.4) is 0 Å². The lowest BCUT2D eigenvalue weighted by atomic mass is 10.2. The van der Waals surface area contributed by atoms with Crippen molar-refractivity contribution in [2.75, 3.05) is 0 Å². The topological polar surface area (TPSA) is 58.6 Å². The van der Waals surface area contributed by atoms with Crippen LogP contribution in [0.5, 0.6) is 0 Å². The van der Waals surface area contributed by atoms with Gasteiger partial charge in [-0.1, -0.05) is 30.3 Å². The molecule has 1 aliphatic heterocycles. The Morgan fingerprint density at radius 1 is 1.30 bits per heavy atom. The minimum atomic E-state index is -0.470. The number of hydrogen-bond donors (Lipinski definition) is 2. The van der Waals surface area contributed by atoms with E-state index in [1.54, 1.807) is 0 Å². The molecule has 0 aliphatic carbocycles. The Morgan fingerprint density at radius 2 is 2.05 bits per heavy atom. The van der Waals surface area contributed by atoms with Crippen LogP contribution >= 0.6 is 23.3 Å². The van der Waals surface area contributed by atoms with Gasteiger partial charge in [-0.2, -0.15) is 0 Å². The molecule has 0 atom stereocenters. The first-order valence-electron chi connectivity index (χ1n) is 5.89. The Hall–Kier alpha value is -1.92. The summed E-state index contributed by atoms with van der Waals surface area (Å²) in [4.78, 5) is 13.7. The zero-order valence-corrected chi connectivity index (χ0v) is 12.2. The summed E-state index contributed by atoms with van der Waals surface area (Å²) in [6, 6.07) is 11.9. The minimum absolute atomic E-state index is 0.0267. The molecule has 4 nitrogen and oxygen atoms in total. The highest BCUT2D eigenvalue weighted by Crippen LogP contribution is 2.42. The molecule has 0 spiro atoms. The second kappa shape index (κ2) is 5.22. The molecule has 0 saturated heterocycles. The van der Waals surface area contributed by atoms with Gasteiger partial charge in [0.1, 0.15) is 0 Å². The van der Waals surface area contributed by atoms with Crippen LogP contribution in [0.25, 0.3) is 16.2 Å². The minimum Gasteiger partial charge on any atom is -0.502 e. The monoisotopic (exact) mass is 305 g/mol. The molecule has 2 aromatic rings. The quantitative estimate of drug-likeness (QED) is 0.653. The Bertz CT molecular complexity index is 692. The third-order valence-electron chi connectivity index (χ3n) is 2.69. The lowest BCUT2D eigenvalue weighted by molar-refractivity contribution is -0.137. The van der Waals surface area contributed by atoms with Gasteiger partial charge in [0.05, 0.1) is 9.77 Å². The molecule has 0 bridgehead atoms. The van der Waals surface area contributed by atoms with Gasteiger partial charge in [-0.05, 0) is 23.6 Å². The fourth-order valence-electron chi connectivity index (χ4n) is 1.83. The summed E-state index contributed by atoms with van der Waals surface area (Å²) in [5.41, 5.74) is 1.09. The zero-order chi connectivity index (χ0) is 14.1. The number of thiophene rings is 1. The van der Waals surface area contributed by atoms with Crippen LogP contribution in [0.15, 0.2) is 47.2 Å². The van der Waals surface area contributed by atoms with E-state index in [1.807, 2.05) is 36.4 Å². The van der Waals surface area contributed by atoms with Gasteiger partial charge in [-0.25, -0.2) is 0 Å². The van der Waals surface area contributed by atoms with E-state index in [1.165, 1.54) is 30.2 Å². The lowest BCUT2D eigenvalue weighted by Gasteiger charge is -2.15. The number of ether oxygens (including phenoxy) is 1. The summed E-state index contributed by atoms with van der Waals surface area (Å²) in [6.45, 7) is 1.30. The smallest absolute Gasteiger partial charge is 0.309 e. The number of rotatable bonds is 2. The van der Waals surface area contributed by atoms with Crippen molar-refractivity contribution in [1.82, 2.24) is 4.72 Å². The first-order valence-corrected chi connectivity index (χ1v) is 7.52. The zero-order valence-electron chi connectivity index (χ0n) is 10.5. The van der Waals surface area contributed by atoms with E-state index in [4.69, 9.17) is 4.74 Å². The second-order valence-electron chi connectivity index (χ2n) is 4.15. The van der Waals surface area contributed by atoms with Crippen LogP contribution in [0, 0.1) is 0 Å². The van der Waals surface area contributed by atoms with Gasteiger partial charge < -0.3 is 9.84 Å². The summed E-state index contributed by atoms with van der Waals surface area (Å²) in [5, 5.41) is 10.2. The van der Waals surface area contributed by atoms with E-state index in [0.29, 0.717) is 4.88 Å². The average molecular weight is 305 g/mol. The fraction of sp³-hybridized carbons (Fsp3) is 0.0714. The molecule has 102 valence electrons. The standard InChI is InChI=1S/C14H11NO3S2/c1-8(16)18-14-12(17)13-11(20-15-14)7-10(19-13)9-5-3-2-4-6-9/h2-7,15,17H,1H3. The molecule has 20 heavy (non-hydrogen) atoms. The van der Waals surface area contributed by atoms with Crippen molar-refractivity contribution < 1.29 is 14.6 Å². The van der Waals surface area contributed by atoms with Crippen molar-refractivity contribution >= 4 is 35.0 Å². The number of carbonyl (C=O) groups excluding carboxylic acids is 1. The number of aliphatic hydroxyl groups excluding tert-OH is 1. The lowest BCUT2D eigenvalue weighted by Crippen LogP contribution is -2.16. The Labute approximate surface area is 124 Å². The Balaban J connectivity index is 2.00. The third kappa shape index (κ3) is 2.39. The maximum atomic E-state index is 11.0. The van der Waals surface area contributed by atoms with Crippen molar-refractivity contribution in [1.29, 1.82) is 0 Å². The highest BCUT2D eigenvalue weighted by Gasteiger charge is 2.24. The van der Waals surface area contributed by atoms with E-state index in [2.05, 4.69) is 4.72 Å². The molecule has 0 amide bonds. The molecular formula is C14H11NO3S2. The second-order valence-corrected chi connectivity index (χ2v) is 6.05. The van der Waals surface area contributed by atoms with E-state index < -0.39 is 5.97 Å². The maximum absolute atomic E-state index is 11.0. The van der Waals surface area contributed by atoms with Crippen LogP contribution in [0.2, 0.25) is 0 Å².